The van der Waals surface area contributed by atoms with Crippen LogP contribution in [0.3, 0.4) is 0 Å². The molecule has 10 nitrogen and oxygen atoms in total. The first-order chi connectivity index (χ1) is 9.99. The van der Waals surface area contributed by atoms with Crippen molar-refractivity contribution in [1.29, 1.82) is 0 Å². The molecule has 22 heavy (non-hydrogen) atoms. The van der Waals surface area contributed by atoms with E-state index in [2.05, 4.69) is 10.2 Å². The van der Waals surface area contributed by atoms with Crippen molar-refractivity contribution in [3.8, 4) is 5.75 Å². The van der Waals surface area contributed by atoms with Crippen LogP contribution in [-0.4, -0.2) is 49.0 Å². The van der Waals surface area contributed by atoms with Gasteiger partial charge in [-0.1, -0.05) is 5.11 Å². The standard InChI is InChI=1S/C10H13N5O2.CH4O3S/c1-15-4-9(17)5-2-6(13-14-10(11)12)8(16)3-7(5)15;1-5(2,3)4/h2-3,9,16-17H,4H2,1H3,(H3,11,12);1H3,(H,2,3,4). The molecule has 0 spiro atoms. The van der Waals surface area contributed by atoms with Gasteiger partial charge in [0.05, 0.1) is 16.2 Å². The Hall–Kier alpha value is -2.24. The number of phenols is 1. The van der Waals surface area contributed by atoms with Crippen LogP contribution in [0.2, 0.25) is 0 Å². The van der Waals surface area contributed by atoms with E-state index in [0.29, 0.717) is 18.4 Å². The highest BCUT2D eigenvalue weighted by molar-refractivity contribution is 7.84. The number of aromatic hydroxyl groups is 1. The minimum absolute atomic E-state index is 0.0327. The molecule has 1 aliphatic heterocycles. The monoisotopic (exact) mass is 331 g/mol. The Labute approximate surface area is 127 Å². The number of likely N-dealkylation sites (N-methyl/N-ethyl adjacent to an activating group) is 1. The predicted octanol–water partition coefficient (Wildman–Crippen LogP) is -1.81. The molecule has 0 radical (unpaired) electrons. The Balaban J connectivity index is 0.000000422. The number of aliphatic hydroxyl groups is 1. The Morgan fingerprint density at radius 1 is 1.55 bits per heavy atom. The van der Waals surface area contributed by atoms with Crippen molar-refractivity contribution < 1.29 is 28.6 Å². The lowest BCUT2D eigenvalue weighted by Crippen LogP contribution is -2.43. The number of nitrogens with zero attached hydrogens (tertiary/aromatic N) is 3. The van der Waals surface area contributed by atoms with Gasteiger partial charge in [-0.25, -0.2) is 8.42 Å². The van der Waals surface area contributed by atoms with Crippen LogP contribution in [0.15, 0.2) is 22.4 Å². The van der Waals surface area contributed by atoms with Crippen LogP contribution in [0.4, 0.5) is 11.4 Å². The van der Waals surface area contributed by atoms with Crippen LogP contribution in [0, 0.1) is 0 Å². The first kappa shape index (κ1) is 17.8. The summed E-state index contributed by atoms with van der Waals surface area (Å²) in [6.07, 6.45) is 0.0104. The third-order valence-corrected chi connectivity index (χ3v) is 2.61. The molecule has 11 heteroatoms. The van der Waals surface area contributed by atoms with Crippen LogP contribution in [-0.2, 0) is 10.1 Å². The molecule has 0 saturated heterocycles. The maximum Gasteiger partial charge on any atom is 0.403 e. The molecule has 6 N–H and O–H groups in total. The molecule has 0 aromatic heterocycles. The first-order valence-corrected chi connectivity index (χ1v) is 7.77. The van der Waals surface area contributed by atoms with Crippen molar-refractivity contribution in [1.82, 2.24) is 0 Å². The smallest absolute Gasteiger partial charge is 0.403 e. The number of benzene rings is 1. The molecule has 1 heterocycles. The second-order valence-electron chi connectivity index (χ2n) is 4.63. The zero-order valence-electron chi connectivity index (χ0n) is 12.0. The predicted molar refractivity (Wildman–Crippen MR) is 77.6 cm³/mol. The van der Waals surface area contributed by atoms with Crippen molar-refractivity contribution in [3.63, 3.8) is 0 Å². The number of hydrogen-bond donors (Lipinski definition) is 4. The normalized spacial score (nSPS) is 17.1. The Kier molecular flexibility index (Phi) is 5.41. The lowest BCUT2D eigenvalue weighted by molar-refractivity contribution is -0.117. The molecule has 1 aromatic carbocycles. The minimum atomic E-state index is -3.92. The Morgan fingerprint density at radius 2 is 2.09 bits per heavy atom. The molecule has 0 aliphatic carbocycles. The molecular weight excluding hydrogens is 314 g/mol. The summed E-state index contributed by atoms with van der Waals surface area (Å²) in [6.45, 7) is 0.487. The van der Waals surface area contributed by atoms with E-state index in [-0.39, 0.29) is 17.4 Å². The summed E-state index contributed by atoms with van der Waals surface area (Å²) in [4.78, 5) is 1.85. The van der Waals surface area contributed by atoms with Crippen molar-refractivity contribution in [2.75, 3.05) is 24.7 Å². The Bertz CT molecular complexity index is 695. The summed E-state index contributed by atoms with van der Waals surface area (Å²) in [5, 5.41) is 31.8. The lowest BCUT2D eigenvalue weighted by atomic mass is 10.1. The van der Waals surface area contributed by atoms with Crippen molar-refractivity contribution in [2.45, 2.75) is 6.10 Å². The fourth-order valence-electron chi connectivity index (χ4n) is 1.83. The highest BCUT2D eigenvalue weighted by Gasteiger charge is 2.26. The van der Waals surface area contributed by atoms with E-state index in [1.54, 1.807) is 6.07 Å². The van der Waals surface area contributed by atoms with E-state index in [4.69, 9.17) is 24.1 Å². The third kappa shape index (κ3) is 5.27. The average molecular weight is 331 g/mol. The summed E-state index contributed by atoms with van der Waals surface area (Å²) in [7, 11) is -2.08. The van der Waals surface area contributed by atoms with Crippen LogP contribution in [0.25, 0.3) is 0 Å². The maximum absolute atomic E-state index is 9.79. The largest absolute Gasteiger partial charge is 0.748 e. The fourth-order valence-corrected chi connectivity index (χ4v) is 1.83. The molecule has 0 bridgehead atoms. The number of azo groups is 1. The molecule has 0 amide bonds. The quantitative estimate of drug-likeness (QED) is 0.203. The van der Waals surface area contributed by atoms with Crippen LogP contribution in [0.1, 0.15) is 11.7 Å². The number of rotatable bonds is 1. The second kappa shape index (κ2) is 6.68. The number of nitrogens with two attached hydrogens (primary N) is 2. The highest BCUT2D eigenvalue weighted by atomic mass is 32.2. The van der Waals surface area contributed by atoms with Crippen molar-refractivity contribution in [2.24, 2.45) is 16.0 Å². The van der Waals surface area contributed by atoms with Crippen molar-refractivity contribution in [3.05, 3.63) is 17.7 Å². The van der Waals surface area contributed by atoms with E-state index in [1.165, 1.54) is 6.07 Å². The number of β-amino-alcohol motifs (C(OH)–C–C–N with tert-alkyl or cyclic N) is 1. The van der Waals surface area contributed by atoms with Gasteiger partial charge in [0.25, 0.3) is 0 Å². The number of guanidine groups is 1. The molecule has 0 fully saturated rings. The molecule has 1 unspecified atom stereocenters. The highest BCUT2D eigenvalue weighted by Crippen LogP contribution is 2.41. The molecule has 1 aromatic rings. The number of hydrogen-bond acceptors (Lipinski definition) is 7. The van der Waals surface area contributed by atoms with Gasteiger partial charge >= 0.3 is 5.96 Å². The van der Waals surface area contributed by atoms with E-state index < -0.39 is 16.2 Å². The fraction of sp³-hybridized carbons (Fsp3) is 0.364. The molecule has 0 saturated carbocycles. The molecule has 1 atom stereocenters. The van der Waals surface area contributed by atoms with Gasteiger partial charge in [0.1, 0.15) is 11.4 Å². The summed E-state index contributed by atoms with van der Waals surface area (Å²) in [5.41, 5.74) is 6.86. The van der Waals surface area contributed by atoms with E-state index in [1.807, 2.05) is 11.9 Å². The van der Waals surface area contributed by atoms with Crippen LogP contribution < -0.4 is 16.0 Å². The zero-order chi connectivity index (χ0) is 17.1. The van der Waals surface area contributed by atoms with Crippen LogP contribution in [0.5, 0.6) is 5.75 Å². The molecule has 1 aliphatic rings. The number of phenolic OH excluding ortho intramolecular Hbond substituents is 1. The van der Waals surface area contributed by atoms with Gasteiger partial charge < -0.3 is 19.7 Å². The van der Waals surface area contributed by atoms with Gasteiger partial charge in [-0.15, -0.1) is 0 Å². The van der Waals surface area contributed by atoms with Gasteiger partial charge in [0.2, 0.25) is 0 Å². The van der Waals surface area contributed by atoms with Gasteiger partial charge in [0, 0.05) is 42.3 Å². The summed E-state index contributed by atoms with van der Waals surface area (Å²) in [5.74, 6) is -0.225. The van der Waals surface area contributed by atoms with Gasteiger partial charge in [0.15, 0.2) is 0 Å². The Morgan fingerprint density at radius 3 is 2.59 bits per heavy atom. The molecule has 2 rings (SSSR count). The number of aliphatic hydroxyl groups excluding tert-OH is 1. The topological polar surface area (TPSA) is 177 Å². The van der Waals surface area contributed by atoms with E-state index in [9.17, 15) is 10.2 Å². The van der Waals surface area contributed by atoms with Gasteiger partial charge in [-0.05, 0) is 6.07 Å². The third-order valence-electron chi connectivity index (χ3n) is 2.61. The van der Waals surface area contributed by atoms with E-state index >= 15 is 0 Å². The number of anilines is 1. The van der Waals surface area contributed by atoms with Crippen LogP contribution >= 0.6 is 0 Å². The van der Waals surface area contributed by atoms with Crippen molar-refractivity contribution >= 4 is 27.5 Å². The first-order valence-electron chi connectivity index (χ1n) is 5.95. The maximum atomic E-state index is 9.79. The van der Waals surface area contributed by atoms with Gasteiger partial charge in [-0.2, -0.15) is 0 Å². The number of fused-ring (bicyclic) bond motifs is 1. The SMILES string of the molecule is CN1CC(O)c2cc(N=NC(N)=[NH2+])c(O)cc21.CS(=O)(=O)[O-]. The molecular formula is C11H17N5O5S. The second-order valence-corrected chi connectivity index (χ2v) is 6.03. The summed E-state index contributed by atoms with van der Waals surface area (Å²) < 4.78 is 27.2. The molecule has 122 valence electrons. The minimum Gasteiger partial charge on any atom is -0.748 e. The van der Waals surface area contributed by atoms with E-state index in [0.717, 1.165) is 5.69 Å². The lowest BCUT2D eigenvalue weighted by Gasteiger charge is -2.11. The summed E-state index contributed by atoms with van der Waals surface area (Å²) in [6, 6.07) is 3.11. The summed E-state index contributed by atoms with van der Waals surface area (Å²) >= 11 is 0. The average Bonchev–Trinajstić information content (AvgIpc) is 2.59. The zero-order valence-corrected chi connectivity index (χ0v) is 12.8. The van der Waals surface area contributed by atoms with Gasteiger partial charge in [-0.3, -0.25) is 11.1 Å².